The van der Waals surface area contributed by atoms with Crippen LogP contribution in [0.2, 0.25) is 0 Å². The van der Waals surface area contributed by atoms with Crippen LogP contribution in [0, 0.1) is 6.92 Å². The molecule has 0 radical (unpaired) electrons. The van der Waals surface area contributed by atoms with E-state index in [4.69, 9.17) is 0 Å². The highest BCUT2D eigenvalue weighted by molar-refractivity contribution is 7.91. The first-order chi connectivity index (χ1) is 8.95. The Morgan fingerprint density at radius 2 is 2.11 bits per heavy atom. The van der Waals surface area contributed by atoms with Crippen molar-refractivity contribution in [2.45, 2.75) is 42.5 Å². The third-order valence-electron chi connectivity index (χ3n) is 3.45. The predicted molar refractivity (Wildman–Crippen MR) is 72.5 cm³/mol. The summed E-state index contributed by atoms with van der Waals surface area (Å²) in [6.45, 7) is 2.38. The van der Waals surface area contributed by atoms with Crippen LogP contribution < -0.4 is 4.72 Å². The molecule has 2 fully saturated rings. The number of nitrogens with zero attached hydrogens (tertiary/aromatic N) is 1. The lowest BCUT2D eigenvalue weighted by Gasteiger charge is -2.15. The molecule has 5 nitrogen and oxygen atoms in total. The Morgan fingerprint density at radius 1 is 1.37 bits per heavy atom. The van der Waals surface area contributed by atoms with Crippen LogP contribution in [0.4, 0.5) is 0 Å². The number of likely N-dealkylation sites (tertiary alicyclic amines) is 1. The van der Waals surface area contributed by atoms with E-state index >= 15 is 0 Å². The monoisotopic (exact) mass is 300 g/mol. The van der Waals surface area contributed by atoms with E-state index in [1.54, 1.807) is 12.1 Å². The van der Waals surface area contributed by atoms with E-state index < -0.39 is 10.0 Å². The van der Waals surface area contributed by atoms with Crippen molar-refractivity contribution in [3.05, 3.63) is 17.0 Å². The van der Waals surface area contributed by atoms with Gasteiger partial charge >= 0.3 is 0 Å². The summed E-state index contributed by atoms with van der Waals surface area (Å²) in [5, 5.41) is 0. The van der Waals surface area contributed by atoms with E-state index in [1.807, 2.05) is 11.8 Å². The topological polar surface area (TPSA) is 66.5 Å². The van der Waals surface area contributed by atoms with Gasteiger partial charge in [0.15, 0.2) is 0 Å². The average molecular weight is 300 g/mol. The van der Waals surface area contributed by atoms with Gasteiger partial charge in [-0.15, -0.1) is 11.3 Å². The van der Waals surface area contributed by atoms with E-state index in [-0.39, 0.29) is 18.4 Å². The van der Waals surface area contributed by atoms with Crippen molar-refractivity contribution < 1.29 is 13.2 Å². The van der Waals surface area contributed by atoms with E-state index in [9.17, 15) is 13.2 Å². The molecule has 3 rings (SSSR count). The summed E-state index contributed by atoms with van der Waals surface area (Å²) in [5.41, 5.74) is 0. The molecule has 1 saturated carbocycles. The molecule has 0 bridgehead atoms. The molecular weight excluding hydrogens is 284 g/mol. The van der Waals surface area contributed by atoms with Gasteiger partial charge in [-0.2, -0.15) is 0 Å². The fraction of sp³-hybridized carbons (Fsp3) is 0.583. The maximum absolute atomic E-state index is 12.2. The lowest BCUT2D eigenvalue weighted by Crippen LogP contribution is -2.37. The van der Waals surface area contributed by atoms with Gasteiger partial charge in [0.25, 0.3) is 0 Å². The van der Waals surface area contributed by atoms with Gasteiger partial charge in [0.05, 0.1) is 0 Å². The molecule has 2 aliphatic rings. The van der Waals surface area contributed by atoms with E-state index in [2.05, 4.69) is 4.72 Å². The summed E-state index contributed by atoms with van der Waals surface area (Å²) < 4.78 is 27.3. The molecule has 0 unspecified atom stereocenters. The molecule has 2 heterocycles. The lowest BCUT2D eigenvalue weighted by molar-refractivity contribution is -0.128. The van der Waals surface area contributed by atoms with Gasteiger partial charge < -0.3 is 4.90 Å². The Bertz CT molecular complexity index is 604. The van der Waals surface area contributed by atoms with Gasteiger partial charge in [-0.25, -0.2) is 13.1 Å². The van der Waals surface area contributed by atoms with Gasteiger partial charge in [0.2, 0.25) is 15.9 Å². The van der Waals surface area contributed by atoms with Gasteiger partial charge in [0.1, 0.15) is 4.21 Å². The smallest absolute Gasteiger partial charge is 0.250 e. The Balaban J connectivity index is 1.70. The minimum atomic E-state index is -3.49. The lowest BCUT2D eigenvalue weighted by atomic mass is 10.3. The van der Waals surface area contributed by atoms with Crippen LogP contribution in [-0.4, -0.2) is 37.9 Å². The molecule has 1 saturated heterocycles. The molecule has 7 heteroatoms. The van der Waals surface area contributed by atoms with Crippen LogP contribution >= 0.6 is 11.3 Å². The first kappa shape index (κ1) is 13.1. The fourth-order valence-electron chi connectivity index (χ4n) is 2.38. The first-order valence-electron chi connectivity index (χ1n) is 6.34. The molecule has 0 aromatic carbocycles. The number of hydrogen-bond donors (Lipinski definition) is 1. The predicted octanol–water partition coefficient (Wildman–Crippen LogP) is 1.10. The molecule has 0 spiro atoms. The van der Waals surface area contributed by atoms with Crippen molar-refractivity contribution in [2.75, 3.05) is 6.54 Å². The molecule has 1 aromatic heterocycles. The molecule has 1 aliphatic heterocycles. The van der Waals surface area contributed by atoms with Crippen molar-refractivity contribution in [3.63, 3.8) is 0 Å². The standard InChI is InChI=1S/C12H16N2O3S2/c1-8-2-5-12(18-8)19(16,17)13-9-6-11(15)14(7-9)10-3-4-10/h2,5,9-10,13H,3-4,6-7H2,1H3/t9-/m0/s1. The Kier molecular flexibility index (Phi) is 3.15. The highest BCUT2D eigenvalue weighted by atomic mass is 32.2. The summed E-state index contributed by atoms with van der Waals surface area (Å²) in [7, 11) is -3.49. The van der Waals surface area contributed by atoms with Gasteiger partial charge in [-0.3, -0.25) is 4.79 Å². The Hall–Kier alpha value is -0.920. The number of thiophene rings is 1. The highest BCUT2D eigenvalue weighted by Gasteiger charge is 2.40. The summed E-state index contributed by atoms with van der Waals surface area (Å²) in [6, 6.07) is 3.46. The quantitative estimate of drug-likeness (QED) is 0.905. The summed E-state index contributed by atoms with van der Waals surface area (Å²) in [4.78, 5) is 14.6. The Labute approximate surface area is 116 Å². The second-order valence-corrected chi connectivity index (χ2v) is 8.39. The second kappa shape index (κ2) is 4.57. The van der Waals surface area contributed by atoms with Gasteiger partial charge in [-0.1, -0.05) is 0 Å². The summed E-state index contributed by atoms with van der Waals surface area (Å²) in [6.07, 6.45) is 2.38. The van der Waals surface area contributed by atoms with Crippen LogP contribution in [-0.2, 0) is 14.8 Å². The van der Waals surface area contributed by atoms with Crippen molar-refractivity contribution in [2.24, 2.45) is 0 Å². The zero-order valence-corrected chi connectivity index (χ0v) is 12.3. The van der Waals surface area contributed by atoms with Crippen LogP contribution in [0.25, 0.3) is 0 Å². The number of rotatable bonds is 4. The number of amides is 1. The second-order valence-electron chi connectivity index (χ2n) is 5.16. The zero-order chi connectivity index (χ0) is 13.6. The third kappa shape index (κ3) is 2.68. The maximum atomic E-state index is 12.2. The number of nitrogens with one attached hydrogen (secondary N) is 1. The van der Waals surface area contributed by atoms with Crippen molar-refractivity contribution in [3.8, 4) is 0 Å². The molecule has 19 heavy (non-hydrogen) atoms. The normalized spacial score (nSPS) is 24.2. The van der Waals surface area contributed by atoms with Crippen molar-refractivity contribution in [1.29, 1.82) is 0 Å². The number of aryl methyl sites for hydroxylation is 1. The first-order valence-corrected chi connectivity index (χ1v) is 8.64. The van der Waals surface area contributed by atoms with Crippen molar-refractivity contribution in [1.82, 2.24) is 9.62 Å². The number of sulfonamides is 1. The largest absolute Gasteiger partial charge is 0.338 e. The van der Waals surface area contributed by atoms with Crippen molar-refractivity contribution >= 4 is 27.3 Å². The molecule has 1 aliphatic carbocycles. The summed E-state index contributed by atoms with van der Waals surface area (Å²) >= 11 is 1.25. The number of hydrogen-bond acceptors (Lipinski definition) is 4. The third-order valence-corrected chi connectivity index (χ3v) is 6.46. The minimum Gasteiger partial charge on any atom is -0.338 e. The maximum Gasteiger partial charge on any atom is 0.250 e. The zero-order valence-electron chi connectivity index (χ0n) is 10.6. The minimum absolute atomic E-state index is 0.0672. The van der Waals surface area contributed by atoms with E-state index in [0.717, 1.165) is 17.7 Å². The number of carbonyl (C=O) groups excluding carboxylic acids is 1. The molecule has 1 N–H and O–H groups in total. The molecule has 104 valence electrons. The van der Waals surface area contributed by atoms with Crippen LogP contribution in [0.1, 0.15) is 24.1 Å². The average Bonchev–Trinajstić information content (AvgIpc) is 2.96. The highest BCUT2D eigenvalue weighted by Crippen LogP contribution is 2.31. The van der Waals surface area contributed by atoms with E-state index in [0.29, 0.717) is 16.8 Å². The van der Waals surface area contributed by atoms with Crippen LogP contribution in [0.5, 0.6) is 0 Å². The summed E-state index contributed by atoms with van der Waals surface area (Å²) in [5.74, 6) is 0.0672. The number of carbonyl (C=O) groups is 1. The Morgan fingerprint density at radius 3 is 2.68 bits per heavy atom. The van der Waals surface area contributed by atoms with Gasteiger partial charge in [-0.05, 0) is 31.9 Å². The van der Waals surface area contributed by atoms with E-state index in [1.165, 1.54) is 11.3 Å². The molecule has 1 amide bonds. The molecule has 1 aromatic rings. The van der Waals surface area contributed by atoms with Crippen LogP contribution in [0.3, 0.4) is 0 Å². The SMILES string of the molecule is Cc1ccc(S(=O)(=O)N[C@H]2CC(=O)N(C3CC3)C2)s1. The van der Waals surface area contributed by atoms with Gasteiger partial charge in [0, 0.05) is 29.9 Å². The molecule has 1 atom stereocenters. The molecular formula is C12H16N2O3S2. The fourth-order valence-corrected chi connectivity index (χ4v) is 4.91. The van der Waals surface area contributed by atoms with Crippen LogP contribution in [0.15, 0.2) is 16.3 Å².